The molecule has 100 valence electrons. The van der Waals surface area contributed by atoms with Gasteiger partial charge in [0.05, 0.1) is 12.8 Å². The molecular formula is C13H21N3O2. The van der Waals surface area contributed by atoms with Crippen molar-refractivity contribution in [2.75, 3.05) is 44.5 Å². The molecule has 1 saturated heterocycles. The Balaban J connectivity index is 2.04. The van der Waals surface area contributed by atoms with Crippen molar-refractivity contribution in [1.82, 2.24) is 4.98 Å². The number of pyridine rings is 1. The van der Waals surface area contributed by atoms with Gasteiger partial charge in [-0.25, -0.2) is 0 Å². The van der Waals surface area contributed by atoms with Crippen LogP contribution in [0, 0.1) is 5.92 Å². The van der Waals surface area contributed by atoms with Crippen molar-refractivity contribution in [3.8, 4) is 5.88 Å². The van der Waals surface area contributed by atoms with E-state index in [2.05, 4.69) is 9.88 Å². The number of nitrogen functional groups attached to an aromatic ring is 1. The van der Waals surface area contributed by atoms with Crippen LogP contribution in [-0.4, -0.2) is 38.9 Å². The Labute approximate surface area is 108 Å². The quantitative estimate of drug-likeness (QED) is 0.879. The molecule has 5 heteroatoms. The summed E-state index contributed by atoms with van der Waals surface area (Å²) in [5.74, 6) is 2.04. The van der Waals surface area contributed by atoms with Gasteiger partial charge in [0.15, 0.2) is 5.82 Å². The summed E-state index contributed by atoms with van der Waals surface area (Å²) in [6, 6.07) is 3.61. The Morgan fingerprint density at radius 2 is 2.17 bits per heavy atom. The molecular weight excluding hydrogens is 230 g/mol. The summed E-state index contributed by atoms with van der Waals surface area (Å²) in [6.45, 7) is 2.67. The number of ether oxygens (including phenoxy) is 2. The van der Waals surface area contributed by atoms with E-state index >= 15 is 0 Å². The van der Waals surface area contributed by atoms with Crippen LogP contribution in [0.1, 0.15) is 12.8 Å². The van der Waals surface area contributed by atoms with Crippen molar-refractivity contribution in [1.29, 1.82) is 0 Å². The standard InChI is InChI=1S/C13H21N3O2/c1-16(9-10-5-7-18-8-6-10)13-11(14)3-4-12(15-13)17-2/h3-4,10H,5-9,14H2,1-2H3. The molecule has 1 fully saturated rings. The fraction of sp³-hybridized carbons (Fsp3) is 0.615. The summed E-state index contributed by atoms with van der Waals surface area (Å²) in [5.41, 5.74) is 6.65. The summed E-state index contributed by atoms with van der Waals surface area (Å²) >= 11 is 0. The van der Waals surface area contributed by atoms with Crippen LogP contribution in [0.15, 0.2) is 12.1 Å². The highest BCUT2D eigenvalue weighted by atomic mass is 16.5. The molecule has 1 aliphatic heterocycles. The van der Waals surface area contributed by atoms with Gasteiger partial charge in [0.25, 0.3) is 0 Å². The van der Waals surface area contributed by atoms with E-state index in [0.29, 0.717) is 17.5 Å². The Kier molecular flexibility index (Phi) is 4.25. The summed E-state index contributed by atoms with van der Waals surface area (Å²) in [7, 11) is 3.63. The molecule has 18 heavy (non-hydrogen) atoms. The van der Waals surface area contributed by atoms with Gasteiger partial charge < -0.3 is 20.1 Å². The van der Waals surface area contributed by atoms with Crippen molar-refractivity contribution < 1.29 is 9.47 Å². The van der Waals surface area contributed by atoms with E-state index in [0.717, 1.165) is 38.4 Å². The lowest BCUT2D eigenvalue weighted by Crippen LogP contribution is -2.30. The number of rotatable bonds is 4. The van der Waals surface area contributed by atoms with E-state index < -0.39 is 0 Å². The van der Waals surface area contributed by atoms with Crippen LogP contribution in [0.25, 0.3) is 0 Å². The zero-order chi connectivity index (χ0) is 13.0. The minimum Gasteiger partial charge on any atom is -0.481 e. The molecule has 0 aromatic carbocycles. The van der Waals surface area contributed by atoms with E-state index in [1.807, 2.05) is 13.1 Å². The number of methoxy groups -OCH3 is 1. The molecule has 1 aromatic rings. The lowest BCUT2D eigenvalue weighted by molar-refractivity contribution is 0.0685. The molecule has 5 nitrogen and oxygen atoms in total. The fourth-order valence-electron chi connectivity index (χ4n) is 2.26. The lowest BCUT2D eigenvalue weighted by atomic mass is 10.00. The topological polar surface area (TPSA) is 60.6 Å². The second-order valence-corrected chi connectivity index (χ2v) is 4.70. The second kappa shape index (κ2) is 5.91. The van der Waals surface area contributed by atoms with Crippen LogP contribution >= 0.6 is 0 Å². The first-order valence-electron chi connectivity index (χ1n) is 6.30. The summed E-state index contributed by atoms with van der Waals surface area (Å²) in [4.78, 5) is 6.51. The third-order valence-corrected chi connectivity index (χ3v) is 3.32. The molecule has 2 rings (SSSR count). The number of hydrogen-bond acceptors (Lipinski definition) is 5. The van der Waals surface area contributed by atoms with Gasteiger partial charge in [-0.05, 0) is 24.8 Å². The maximum Gasteiger partial charge on any atom is 0.215 e. The van der Waals surface area contributed by atoms with E-state index in [1.54, 1.807) is 13.2 Å². The number of hydrogen-bond donors (Lipinski definition) is 1. The Bertz CT molecular complexity index is 392. The Morgan fingerprint density at radius 1 is 1.44 bits per heavy atom. The van der Waals surface area contributed by atoms with Crippen molar-refractivity contribution in [3.05, 3.63) is 12.1 Å². The second-order valence-electron chi connectivity index (χ2n) is 4.70. The van der Waals surface area contributed by atoms with Gasteiger partial charge in [0, 0.05) is 32.9 Å². The molecule has 0 radical (unpaired) electrons. The Hall–Kier alpha value is -1.49. The third-order valence-electron chi connectivity index (χ3n) is 3.32. The van der Waals surface area contributed by atoms with Crippen molar-refractivity contribution in [3.63, 3.8) is 0 Å². The maximum absolute atomic E-state index is 5.97. The molecule has 0 unspecified atom stereocenters. The van der Waals surface area contributed by atoms with Gasteiger partial charge in [-0.2, -0.15) is 4.98 Å². The number of aromatic nitrogens is 1. The van der Waals surface area contributed by atoms with Crippen molar-refractivity contribution in [2.45, 2.75) is 12.8 Å². The maximum atomic E-state index is 5.97. The minimum atomic E-state index is 0.595. The summed E-state index contributed by atoms with van der Waals surface area (Å²) in [6.07, 6.45) is 2.21. The van der Waals surface area contributed by atoms with E-state index in [9.17, 15) is 0 Å². The van der Waals surface area contributed by atoms with Crippen LogP contribution in [0.5, 0.6) is 5.88 Å². The first kappa shape index (κ1) is 13.0. The van der Waals surface area contributed by atoms with Crippen molar-refractivity contribution in [2.24, 2.45) is 5.92 Å². The number of nitrogens with two attached hydrogens (primary N) is 1. The van der Waals surface area contributed by atoms with Crippen LogP contribution in [0.4, 0.5) is 11.5 Å². The summed E-state index contributed by atoms with van der Waals surface area (Å²) < 4.78 is 10.5. The van der Waals surface area contributed by atoms with Crippen LogP contribution in [0.2, 0.25) is 0 Å². The molecule has 0 aliphatic carbocycles. The molecule has 2 N–H and O–H groups in total. The molecule has 0 bridgehead atoms. The molecule has 0 amide bonds. The number of nitrogens with zero attached hydrogens (tertiary/aromatic N) is 2. The van der Waals surface area contributed by atoms with Gasteiger partial charge in [0.2, 0.25) is 5.88 Å². The highest BCUT2D eigenvalue weighted by Gasteiger charge is 2.18. The molecule has 2 heterocycles. The van der Waals surface area contributed by atoms with Crippen molar-refractivity contribution >= 4 is 11.5 Å². The van der Waals surface area contributed by atoms with Crippen LogP contribution in [-0.2, 0) is 4.74 Å². The normalized spacial score (nSPS) is 16.6. The van der Waals surface area contributed by atoms with E-state index in [-0.39, 0.29) is 0 Å². The highest BCUT2D eigenvalue weighted by Crippen LogP contribution is 2.25. The Morgan fingerprint density at radius 3 is 2.83 bits per heavy atom. The lowest BCUT2D eigenvalue weighted by Gasteiger charge is -2.28. The third kappa shape index (κ3) is 3.04. The first-order valence-corrected chi connectivity index (χ1v) is 6.30. The van der Waals surface area contributed by atoms with Gasteiger partial charge in [0.1, 0.15) is 0 Å². The largest absolute Gasteiger partial charge is 0.481 e. The van der Waals surface area contributed by atoms with Crippen LogP contribution < -0.4 is 15.4 Å². The zero-order valence-corrected chi connectivity index (χ0v) is 11.1. The predicted octanol–water partition coefficient (Wildman–Crippen LogP) is 1.54. The first-order chi connectivity index (χ1) is 8.70. The molecule has 1 aliphatic rings. The molecule has 0 saturated carbocycles. The number of anilines is 2. The molecule has 1 aromatic heterocycles. The van der Waals surface area contributed by atoms with E-state index in [1.165, 1.54) is 0 Å². The molecule has 0 spiro atoms. The highest BCUT2D eigenvalue weighted by molar-refractivity contribution is 5.63. The van der Waals surface area contributed by atoms with Gasteiger partial charge in [-0.3, -0.25) is 0 Å². The van der Waals surface area contributed by atoms with Gasteiger partial charge >= 0.3 is 0 Å². The average molecular weight is 251 g/mol. The SMILES string of the molecule is COc1ccc(N)c(N(C)CC2CCOCC2)n1. The summed E-state index contributed by atoms with van der Waals surface area (Å²) in [5, 5.41) is 0. The monoisotopic (exact) mass is 251 g/mol. The zero-order valence-electron chi connectivity index (χ0n) is 11.1. The smallest absolute Gasteiger partial charge is 0.215 e. The van der Waals surface area contributed by atoms with Gasteiger partial charge in [-0.15, -0.1) is 0 Å². The van der Waals surface area contributed by atoms with E-state index in [4.69, 9.17) is 15.2 Å². The van der Waals surface area contributed by atoms with Crippen LogP contribution in [0.3, 0.4) is 0 Å². The predicted molar refractivity (Wildman–Crippen MR) is 72.0 cm³/mol. The average Bonchev–Trinajstić information content (AvgIpc) is 2.40. The fourth-order valence-corrected chi connectivity index (χ4v) is 2.26. The van der Waals surface area contributed by atoms with Gasteiger partial charge in [-0.1, -0.05) is 0 Å². The molecule has 0 atom stereocenters. The minimum absolute atomic E-state index is 0.595.